The van der Waals surface area contributed by atoms with E-state index >= 15 is 0 Å². The molecule has 0 aromatic heterocycles. The summed E-state index contributed by atoms with van der Waals surface area (Å²) in [6, 6.07) is 17.7. The molecule has 0 bridgehead atoms. The largest absolute Gasteiger partial charge is 0.493 e. The van der Waals surface area contributed by atoms with Crippen molar-refractivity contribution in [3.63, 3.8) is 0 Å². The van der Waals surface area contributed by atoms with Crippen molar-refractivity contribution in [2.24, 2.45) is 0 Å². The number of rotatable bonds is 8. The number of aryl methyl sites for hydroxylation is 4. The van der Waals surface area contributed by atoms with Gasteiger partial charge >= 0.3 is 0 Å². The van der Waals surface area contributed by atoms with Crippen LogP contribution in [-0.4, -0.2) is 12.5 Å². The van der Waals surface area contributed by atoms with E-state index in [9.17, 15) is 4.79 Å². The lowest BCUT2D eigenvalue weighted by molar-refractivity contribution is 0.102. The van der Waals surface area contributed by atoms with E-state index in [2.05, 4.69) is 18.3 Å². The summed E-state index contributed by atoms with van der Waals surface area (Å²) in [5, 5.41) is 3.09. The Bertz CT molecular complexity index is 1050. The highest BCUT2D eigenvalue weighted by atomic mass is 16.5. The fraction of sp³-hybridized carbons (Fsp3) is 0.296. The van der Waals surface area contributed by atoms with Crippen molar-refractivity contribution in [3.05, 3.63) is 88.0 Å². The second-order valence-electron chi connectivity index (χ2n) is 7.78. The molecule has 1 amide bonds. The van der Waals surface area contributed by atoms with Gasteiger partial charge in [-0.05, 0) is 86.7 Å². The van der Waals surface area contributed by atoms with Crippen LogP contribution in [0.4, 0.5) is 5.69 Å². The second-order valence-corrected chi connectivity index (χ2v) is 7.78. The molecule has 0 heterocycles. The number of amides is 1. The summed E-state index contributed by atoms with van der Waals surface area (Å²) in [6.07, 6.45) is 0.857. The number of carbonyl (C=O) groups excluding carboxylic acids is 1. The maximum absolute atomic E-state index is 13.0. The molecule has 3 aromatic carbocycles. The Morgan fingerprint density at radius 3 is 2.29 bits per heavy atom. The lowest BCUT2D eigenvalue weighted by Crippen LogP contribution is -2.15. The van der Waals surface area contributed by atoms with E-state index in [4.69, 9.17) is 9.47 Å². The van der Waals surface area contributed by atoms with Crippen molar-refractivity contribution in [2.45, 2.75) is 47.6 Å². The Kier molecular flexibility index (Phi) is 7.35. The first-order valence-electron chi connectivity index (χ1n) is 10.8. The van der Waals surface area contributed by atoms with Crippen molar-refractivity contribution < 1.29 is 14.3 Å². The lowest BCUT2D eigenvalue weighted by atomic mass is 10.0. The minimum Gasteiger partial charge on any atom is -0.493 e. The monoisotopic (exact) mass is 417 g/mol. The zero-order valence-corrected chi connectivity index (χ0v) is 19.0. The van der Waals surface area contributed by atoms with Crippen LogP contribution < -0.4 is 14.8 Å². The first-order valence-corrected chi connectivity index (χ1v) is 10.8. The predicted octanol–water partition coefficient (Wildman–Crippen LogP) is 6.40. The predicted molar refractivity (Wildman–Crippen MR) is 126 cm³/mol. The molecule has 0 unspecified atom stereocenters. The number of anilines is 1. The van der Waals surface area contributed by atoms with Crippen LogP contribution in [0.3, 0.4) is 0 Å². The van der Waals surface area contributed by atoms with Crippen molar-refractivity contribution in [1.82, 2.24) is 0 Å². The first kappa shape index (κ1) is 22.4. The Hall–Kier alpha value is -3.27. The van der Waals surface area contributed by atoms with Gasteiger partial charge in [-0.15, -0.1) is 0 Å². The molecule has 31 heavy (non-hydrogen) atoms. The van der Waals surface area contributed by atoms with E-state index in [0.29, 0.717) is 18.8 Å². The first-order chi connectivity index (χ1) is 14.9. The van der Waals surface area contributed by atoms with Gasteiger partial charge in [0.05, 0.1) is 6.61 Å². The maximum atomic E-state index is 13.0. The van der Waals surface area contributed by atoms with Gasteiger partial charge in [-0.2, -0.15) is 0 Å². The quantitative estimate of drug-likeness (QED) is 0.461. The number of hydrogen-bond donors (Lipinski definition) is 1. The van der Waals surface area contributed by atoms with Crippen LogP contribution in [0.1, 0.15) is 52.0 Å². The fourth-order valence-electron chi connectivity index (χ4n) is 3.69. The average molecular weight is 418 g/mol. The normalized spacial score (nSPS) is 10.6. The van der Waals surface area contributed by atoms with Gasteiger partial charge in [0.1, 0.15) is 18.1 Å². The number of para-hydroxylation sites is 1. The van der Waals surface area contributed by atoms with Crippen molar-refractivity contribution in [1.29, 1.82) is 0 Å². The van der Waals surface area contributed by atoms with Crippen LogP contribution in [0.5, 0.6) is 11.5 Å². The number of ether oxygens (including phenoxy) is 2. The summed E-state index contributed by atoms with van der Waals surface area (Å²) in [6.45, 7) is 11.0. The molecule has 4 heteroatoms. The molecule has 162 valence electrons. The third-order valence-corrected chi connectivity index (χ3v) is 5.19. The Morgan fingerprint density at radius 1 is 0.871 bits per heavy atom. The minimum atomic E-state index is -0.139. The average Bonchev–Trinajstić information content (AvgIpc) is 2.74. The Balaban J connectivity index is 1.84. The summed E-state index contributed by atoms with van der Waals surface area (Å²) in [4.78, 5) is 13.0. The van der Waals surface area contributed by atoms with Crippen LogP contribution in [0.2, 0.25) is 0 Å². The van der Waals surface area contributed by atoms with Gasteiger partial charge in [0, 0.05) is 16.8 Å². The van der Waals surface area contributed by atoms with Gasteiger partial charge < -0.3 is 14.8 Å². The van der Waals surface area contributed by atoms with Crippen molar-refractivity contribution >= 4 is 11.6 Å². The molecule has 0 fully saturated rings. The molecule has 1 N–H and O–H groups in total. The summed E-state index contributed by atoms with van der Waals surface area (Å²) < 4.78 is 11.8. The molecule has 0 spiro atoms. The van der Waals surface area contributed by atoms with Crippen LogP contribution in [0, 0.1) is 20.8 Å². The summed E-state index contributed by atoms with van der Waals surface area (Å²) in [5.41, 5.74) is 6.78. The highest BCUT2D eigenvalue weighted by Gasteiger charge is 2.14. The highest BCUT2D eigenvalue weighted by Crippen LogP contribution is 2.26. The van der Waals surface area contributed by atoms with E-state index in [1.807, 2.05) is 70.2 Å². The molecule has 0 radical (unpaired) electrons. The Morgan fingerprint density at radius 2 is 1.61 bits per heavy atom. The molecule has 0 aliphatic carbocycles. The smallest absolute Gasteiger partial charge is 0.255 e. The number of hydrogen-bond acceptors (Lipinski definition) is 3. The van der Waals surface area contributed by atoms with Gasteiger partial charge in [-0.3, -0.25) is 4.79 Å². The molecule has 0 saturated heterocycles. The molecule has 0 saturated carbocycles. The molecular weight excluding hydrogens is 386 g/mol. The van der Waals surface area contributed by atoms with Crippen LogP contribution in [0.25, 0.3) is 0 Å². The number of carbonyl (C=O) groups is 1. The van der Waals surface area contributed by atoms with Gasteiger partial charge in [-0.25, -0.2) is 0 Å². The van der Waals surface area contributed by atoms with Gasteiger partial charge in [0.15, 0.2) is 0 Å². The fourth-order valence-corrected chi connectivity index (χ4v) is 3.69. The third-order valence-electron chi connectivity index (χ3n) is 5.19. The molecule has 0 atom stereocenters. The van der Waals surface area contributed by atoms with Crippen LogP contribution >= 0.6 is 0 Å². The van der Waals surface area contributed by atoms with E-state index < -0.39 is 0 Å². The van der Waals surface area contributed by atoms with E-state index in [-0.39, 0.29) is 5.91 Å². The van der Waals surface area contributed by atoms with E-state index in [1.54, 1.807) is 6.07 Å². The third kappa shape index (κ3) is 5.66. The summed E-state index contributed by atoms with van der Waals surface area (Å²) in [7, 11) is 0. The molecule has 3 aromatic rings. The minimum absolute atomic E-state index is 0.139. The SMILES string of the molecule is CCOc1ccc(C(=O)Nc2c(C)cccc2CC)cc1COc1cc(C)cc(C)c1. The van der Waals surface area contributed by atoms with Crippen molar-refractivity contribution in [2.75, 3.05) is 11.9 Å². The number of nitrogens with one attached hydrogen (secondary N) is 1. The molecule has 0 aliphatic rings. The van der Waals surface area contributed by atoms with Gasteiger partial charge in [-0.1, -0.05) is 31.2 Å². The van der Waals surface area contributed by atoms with Crippen LogP contribution in [-0.2, 0) is 13.0 Å². The molecule has 4 nitrogen and oxygen atoms in total. The van der Waals surface area contributed by atoms with Gasteiger partial charge in [0.25, 0.3) is 5.91 Å². The number of benzene rings is 3. The topological polar surface area (TPSA) is 47.6 Å². The van der Waals surface area contributed by atoms with E-state index in [0.717, 1.165) is 51.4 Å². The standard InChI is InChI=1S/C27H31NO3/c1-6-21-10-8-9-20(5)26(21)28-27(29)22-11-12-25(30-7-2)23(16-22)17-31-24-14-18(3)13-19(4)15-24/h8-16H,6-7,17H2,1-5H3,(H,28,29). The zero-order valence-electron chi connectivity index (χ0n) is 19.0. The van der Waals surface area contributed by atoms with E-state index in [1.165, 1.54) is 0 Å². The highest BCUT2D eigenvalue weighted by molar-refractivity contribution is 6.05. The van der Waals surface area contributed by atoms with Gasteiger partial charge in [0.2, 0.25) is 0 Å². The zero-order chi connectivity index (χ0) is 22.4. The lowest BCUT2D eigenvalue weighted by Gasteiger charge is -2.16. The maximum Gasteiger partial charge on any atom is 0.255 e. The van der Waals surface area contributed by atoms with Crippen molar-refractivity contribution in [3.8, 4) is 11.5 Å². The molecule has 0 aliphatic heterocycles. The molecule has 3 rings (SSSR count). The summed E-state index contributed by atoms with van der Waals surface area (Å²) in [5.74, 6) is 1.40. The second kappa shape index (κ2) is 10.2. The summed E-state index contributed by atoms with van der Waals surface area (Å²) >= 11 is 0. The van der Waals surface area contributed by atoms with Crippen LogP contribution in [0.15, 0.2) is 54.6 Å². The molecular formula is C27H31NO3. The Labute approximate surface area is 185 Å².